The van der Waals surface area contributed by atoms with Crippen molar-refractivity contribution in [3.8, 4) is 0 Å². The van der Waals surface area contributed by atoms with Crippen LogP contribution >= 0.6 is 0 Å². The van der Waals surface area contributed by atoms with Crippen LogP contribution in [-0.4, -0.2) is 0 Å². The van der Waals surface area contributed by atoms with E-state index >= 15 is 0 Å². The topological polar surface area (TPSA) is 0 Å². The van der Waals surface area contributed by atoms with E-state index in [1.807, 2.05) is 0 Å². The zero-order valence-electron chi connectivity index (χ0n) is 26.1. The molecule has 0 heteroatoms. The zero-order valence-corrected chi connectivity index (χ0v) is 26.1. The van der Waals surface area contributed by atoms with Gasteiger partial charge in [-0.2, -0.15) is 0 Å². The highest BCUT2D eigenvalue weighted by Gasteiger charge is 2.27. The fourth-order valence-corrected chi connectivity index (χ4v) is 6.35. The molecule has 0 rings (SSSR count). The van der Waals surface area contributed by atoms with E-state index in [2.05, 4.69) is 76.2 Å². The fourth-order valence-electron chi connectivity index (χ4n) is 6.35. The standard InChI is InChI=1S/C34H70/c1-12-19-33(24-26-34(10,11)25-13-2)23-17-15-16-21-28(5)30(7)32(9)31(8)29(6)22-18-20-27(4)14-3/h27-33H,12-26H2,1-11H3. The van der Waals surface area contributed by atoms with Gasteiger partial charge in [-0.25, -0.2) is 0 Å². The molecule has 0 bridgehead atoms. The third-order valence-electron chi connectivity index (χ3n) is 10.1. The first kappa shape index (κ1) is 34.0. The summed E-state index contributed by atoms with van der Waals surface area (Å²) in [7, 11) is 0. The molecule has 0 saturated heterocycles. The summed E-state index contributed by atoms with van der Waals surface area (Å²) < 4.78 is 0. The number of unbranched alkanes of at least 4 members (excludes halogenated alkanes) is 2. The molecule has 0 aromatic rings. The summed E-state index contributed by atoms with van der Waals surface area (Å²) in [5.41, 5.74) is 0.547. The van der Waals surface area contributed by atoms with Crippen molar-refractivity contribution in [3.63, 3.8) is 0 Å². The van der Waals surface area contributed by atoms with Gasteiger partial charge in [0.2, 0.25) is 0 Å². The molecule has 0 aliphatic heterocycles. The van der Waals surface area contributed by atoms with Gasteiger partial charge in [-0.05, 0) is 66.1 Å². The highest BCUT2D eigenvalue weighted by Crippen LogP contribution is 2.36. The molecule has 0 nitrogen and oxygen atoms in total. The van der Waals surface area contributed by atoms with E-state index in [4.69, 9.17) is 0 Å². The Kier molecular flexibility index (Phi) is 19.2. The van der Waals surface area contributed by atoms with Crippen LogP contribution in [0, 0.1) is 46.8 Å². The number of hydrogen-bond donors (Lipinski definition) is 0. The molecule has 0 aliphatic rings. The van der Waals surface area contributed by atoms with Gasteiger partial charge in [-0.3, -0.25) is 0 Å². The monoisotopic (exact) mass is 479 g/mol. The van der Waals surface area contributed by atoms with Crippen LogP contribution in [0.25, 0.3) is 0 Å². The van der Waals surface area contributed by atoms with E-state index in [1.165, 1.54) is 96.3 Å². The van der Waals surface area contributed by atoms with E-state index in [9.17, 15) is 0 Å². The third-order valence-corrected chi connectivity index (χ3v) is 10.1. The second-order valence-electron chi connectivity index (χ2n) is 13.7. The van der Waals surface area contributed by atoms with E-state index < -0.39 is 0 Å². The van der Waals surface area contributed by atoms with Crippen molar-refractivity contribution in [3.05, 3.63) is 0 Å². The number of hydrogen-bond acceptors (Lipinski definition) is 0. The average molecular weight is 479 g/mol. The van der Waals surface area contributed by atoms with Crippen molar-refractivity contribution in [2.24, 2.45) is 46.8 Å². The molecule has 0 N–H and O–H groups in total. The van der Waals surface area contributed by atoms with Crippen LogP contribution in [0.2, 0.25) is 0 Å². The van der Waals surface area contributed by atoms with Gasteiger partial charge >= 0.3 is 0 Å². The van der Waals surface area contributed by atoms with E-state index in [0.717, 1.165) is 41.4 Å². The van der Waals surface area contributed by atoms with Crippen LogP contribution in [0.1, 0.15) is 172 Å². The average Bonchev–Trinajstić information content (AvgIpc) is 2.80. The summed E-state index contributed by atoms with van der Waals surface area (Å²) in [5.74, 6) is 6.15. The van der Waals surface area contributed by atoms with Crippen molar-refractivity contribution < 1.29 is 0 Å². The van der Waals surface area contributed by atoms with Gasteiger partial charge in [0.25, 0.3) is 0 Å². The van der Waals surface area contributed by atoms with Gasteiger partial charge < -0.3 is 0 Å². The maximum Gasteiger partial charge on any atom is -0.0354 e. The summed E-state index contributed by atoms with van der Waals surface area (Å²) >= 11 is 0. The van der Waals surface area contributed by atoms with Crippen molar-refractivity contribution in [2.45, 2.75) is 172 Å². The van der Waals surface area contributed by atoms with Gasteiger partial charge in [0.05, 0.1) is 0 Å². The van der Waals surface area contributed by atoms with Crippen LogP contribution in [0.15, 0.2) is 0 Å². The third kappa shape index (κ3) is 15.2. The lowest BCUT2D eigenvalue weighted by molar-refractivity contribution is 0.155. The number of rotatable bonds is 22. The molecular weight excluding hydrogens is 408 g/mol. The smallest absolute Gasteiger partial charge is 0.0354 e. The Hall–Kier alpha value is 0. The van der Waals surface area contributed by atoms with Gasteiger partial charge in [0, 0.05) is 0 Å². The Morgan fingerprint density at radius 1 is 0.500 bits per heavy atom. The first-order valence-electron chi connectivity index (χ1n) is 16.0. The van der Waals surface area contributed by atoms with Crippen molar-refractivity contribution in [1.29, 1.82) is 0 Å². The Morgan fingerprint density at radius 2 is 1.06 bits per heavy atom. The molecule has 0 aliphatic carbocycles. The molecule has 0 amide bonds. The van der Waals surface area contributed by atoms with Gasteiger partial charge in [0.15, 0.2) is 0 Å². The van der Waals surface area contributed by atoms with Crippen LogP contribution in [0.4, 0.5) is 0 Å². The van der Waals surface area contributed by atoms with E-state index in [1.54, 1.807) is 0 Å². The molecule has 7 unspecified atom stereocenters. The quantitative estimate of drug-likeness (QED) is 0.136. The SMILES string of the molecule is CCCC(CCCCCC(C)C(C)C(C)C(C)C(C)CCCC(C)CC)CCC(C)(C)CCC. The largest absolute Gasteiger partial charge is 0.0654 e. The molecule has 0 spiro atoms. The molecule has 34 heavy (non-hydrogen) atoms. The van der Waals surface area contributed by atoms with Crippen LogP contribution in [0.3, 0.4) is 0 Å². The molecule has 206 valence electrons. The van der Waals surface area contributed by atoms with Gasteiger partial charge in [-0.1, -0.05) is 153 Å². The summed E-state index contributed by atoms with van der Waals surface area (Å²) in [6.07, 6.45) is 21.3. The summed E-state index contributed by atoms with van der Waals surface area (Å²) in [4.78, 5) is 0. The summed E-state index contributed by atoms with van der Waals surface area (Å²) in [6.45, 7) is 27.1. The molecule has 0 heterocycles. The van der Waals surface area contributed by atoms with Gasteiger partial charge in [0.1, 0.15) is 0 Å². The summed E-state index contributed by atoms with van der Waals surface area (Å²) in [6, 6.07) is 0. The minimum atomic E-state index is 0.547. The van der Waals surface area contributed by atoms with Crippen molar-refractivity contribution >= 4 is 0 Å². The van der Waals surface area contributed by atoms with E-state index in [0.29, 0.717) is 5.41 Å². The summed E-state index contributed by atoms with van der Waals surface area (Å²) in [5, 5.41) is 0. The molecule has 0 fully saturated rings. The lowest BCUT2D eigenvalue weighted by Gasteiger charge is -2.34. The van der Waals surface area contributed by atoms with Crippen LogP contribution in [-0.2, 0) is 0 Å². The minimum absolute atomic E-state index is 0.547. The molecular formula is C34H70. The minimum Gasteiger partial charge on any atom is -0.0654 e. The van der Waals surface area contributed by atoms with Crippen molar-refractivity contribution in [1.82, 2.24) is 0 Å². The Labute approximate surface area is 219 Å². The first-order valence-corrected chi connectivity index (χ1v) is 16.0. The zero-order chi connectivity index (χ0) is 26.1. The maximum absolute atomic E-state index is 2.55. The molecule has 0 aromatic heterocycles. The Balaban J connectivity index is 4.27. The van der Waals surface area contributed by atoms with Crippen LogP contribution < -0.4 is 0 Å². The Bertz CT molecular complexity index is 449. The van der Waals surface area contributed by atoms with Gasteiger partial charge in [-0.15, -0.1) is 0 Å². The molecule has 0 aromatic carbocycles. The molecule has 0 saturated carbocycles. The molecule has 7 atom stereocenters. The van der Waals surface area contributed by atoms with Crippen LogP contribution in [0.5, 0.6) is 0 Å². The second kappa shape index (κ2) is 19.2. The predicted molar refractivity (Wildman–Crippen MR) is 159 cm³/mol. The lowest BCUT2D eigenvalue weighted by Crippen LogP contribution is -2.26. The van der Waals surface area contributed by atoms with Crippen molar-refractivity contribution in [2.75, 3.05) is 0 Å². The second-order valence-corrected chi connectivity index (χ2v) is 13.7. The fraction of sp³-hybridized carbons (Fsp3) is 1.00. The highest BCUT2D eigenvalue weighted by molar-refractivity contribution is 4.76. The Morgan fingerprint density at radius 3 is 1.59 bits per heavy atom. The molecule has 0 radical (unpaired) electrons. The first-order chi connectivity index (χ1) is 16.0. The van der Waals surface area contributed by atoms with E-state index in [-0.39, 0.29) is 0 Å². The normalized spacial score (nSPS) is 18.8. The highest BCUT2D eigenvalue weighted by atomic mass is 14.3. The lowest BCUT2D eigenvalue weighted by atomic mass is 9.72. The maximum atomic E-state index is 2.55. The predicted octanol–water partition coefficient (Wildman–Crippen LogP) is 12.4.